The fourth-order valence-corrected chi connectivity index (χ4v) is 2.74. The lowest BCUT2D eigenvalue weighted by Gasteiger charge is -2.29. The van der Waals surface area contributed by atoms with Gasteiger partial charge in [0.25, 0.3) is 0 Å². The van der Waals surface area contributed by atoms with Crippen molar-refractivity contribution < 1.29 is 9.53 Å². The third-order valence-electron chi connectivity index (χ3n) is 4.08. The van der Waals surface area contributed by atoms with Gasteiger partial charge in [-0.3, -0.25) is 4.99 Å². The Bertz CT molecular complexity index is 808. The molecule has 0 aliphatic rings. The molecule has 0 bridgehead atoms. The van der Waals surface area contributed by atoms with E-state index < -0.39 is 17.2 Å². The summed E-state index contributed by atoms with van der Waals surface area (Å²) in [5.74, 6) is 1.67. The molecule has 9 heteroatoms. The van der Waals surface area contributed by atoms with Crippen LogP contribution in [-0.2, 0) is 11.2 Å². The lowest BCUT2D eigenvalue weighted by atomic mass is 10.1. The fraction of sp³-hybridized carbons (Fsp3) is 0.571. The molecule has 30 heavy (non-hydrogen) atoms. The largest absolute Gasteiger partial charge is 0.444 e. The number of ether oxygens (including phenoxy) is 1. The second-order valence-electron chi connectivity index (χ2n) is 8.67. The topological polar surface area (TPSA) is 103 Å². The minimum Gasteiger partial charge on any atom is -0.444 e. The molecule has 168 valence electrons. The zero-order chi connectivity index (χ0) is 21.5. The highest BCUT2D eigenvalue weighted by Crippen LogP contribution is 2.11. The van der Waals surface area contributed by atoms with Crippen LogP contribution in [0.4, 0.5) is 4.79 Å². The molecule has 0 saturated heterocycles. The molecule has 4 N–H and O–H groups in total. The van der Waals surface area contributed by atoms with E-state index in [9.17, 15) is 4.79 Å². The Balaban J connectivity index is 0.00000450. The lowest BCUT2D eigenvalue weighted by Crippen LogP contribution is -2.54. The molecule has 0 aliphatic carbocycles. The average molecular weight is 530 g/mol. The standard InChI is InChI=1S/C21H34N6O2.HI/c1-20(2,3)29-19(28)27-21(4,5)14-24-18(22-6)23-13-9-12-17-25-15-10-7-8-11-16(15)26-17;/h7-8,10-11H,9,12-14H2,1-6H3,(H,25,26)(H,27,28)(H2,22,23,24);1H. The summed E-state index contributed by atoms with van der Waals surface area (Å²) in [5.41, 5.74) is 1.04. The number of nitrogens with one attached hydrogen (secondary N) is 4. The van der Waals surface area contributed by atoms with E-state index in [1.807, 2.05) is 58.9 Å². The molecule has 0 fully saturated rings. The zero-order valence-electron chi connectivity index (χ0n) is 18.8. The minimum absolute atomic E-state index is 0. The van der Waals surface area contributed by atoms with Gasteiger partial charge in [-0.1, -0.05) is 12.1 Å². The van der Waals surface area contributed by atoms with Crippen molar-refractivity contribution in [2.75, 3.05) is 20.1 Å². The molecule has 2 aromatic rings. The number of rotatable bonds is 7. The molecule has 1 aromatic carbocycles. The van der Waals surface area contributed by atoms with Crippen LogP contribution in [0.25, 0.3) is 11.0 Å². The van der Waals surface area contributed by atoms with Crippen LogP contribution in [0.1, 0.15) is 46.9 Å². The summed E-state index contributed by atoms with van der Waals surface area (Å²) in [5, 5.41) is 9.41. The van der Waals surface area contributed by atoms with Gasteiger partial charge in [-0.2, -0.15) is 0 Å². The fourth-order valence-electron chi connectivity index (χ4n) is 2.74. The number of carbonyl (C=O) groups is 1. The number of alkyl carbamates (subject to hydrolysis) is 1. The summed E-state index contributed by atoms with van der Waals surface area (Å²) in [4.78, 5) is 24.1. The van der Waals surface area contributed by atoms with Gasteiger partial charge in [-0.25, -0.2) is 9.78 Å². The van der Waals surface area contributed by atoms with Crippen LogP contribution in [0.2, 0.25) is 0 Å². The third-order valence-corrected chi connectivity index (χ3v) is 4.08. The second-order valence-corrected chi connectivity index (χ2v) is 8.67. The smallest absolute Gasteiger partial charge is 0.408 e. The van der Waals surface area contributed by atoms with Crippen LogP contribution in [0, 0.1) is 0 Å². The number of para-hydroxylation sites is 2. The first-order valence-corrected chi connectivity index (χ1v) is 9.97. The van der Waals surface area contributed by atoms with Gasteiger partial charge < -0.3 is 25.7 Å². The molecule has 0 atom stereocenters. The van der Waals surface area contributed by atoms with Crippen LogP contribution in [-0.4, -0.2) is 53.3 Å². The molecule has 1 aromatic heterocycles. The van der Waals surface area contributed by atoms with Crippen LogP contribution in [0.15, 0.2) is 29.3 Å². The van der Waals surface area contributed by atoms with Crippen LogP contribution < -0.4 is 16.0 Å². The Morgan fingerprint density at radius 3 is 2.50 bits per heavy atom. The average Bonchev–Trinajstić information content (AvgIpc) is 3.01. The van der Waals surface area contributed by atoms with E-state index in [4.69, 9.17) is 4.74 Å². The number of nitrogens with zero attached hydrogens (tertiary/aromatic N) is 2. The summed E-state index contributed by atoms with van der Waals surface area (Å²) in [6.07, 6.45) is 1.34. The van der Waals surface area contributed by atoms with Gasteiger partial charge in [0.05, 0.1) is 16.6 Å². The van der Waals surface area contributed by atoms with Gasteiger partial charge in [0.15, 0.2) is 5.96 Å². The van der Waals surface area contributed by atoms with Crippen molar-refractivity contribution >= 4 is 47.1 Å². The van der Waals surface area contributed by atoms with Crippen molar-refractivity contribution in [2.24, 2.45) is 4.99 Å². The highest BCUT2D eigenvalue weighted by Gasteiger charge is 2.24. The van der Waals surface area contributed by atoms with Gasteiger partial charge in [-0.05, 0) is 53.2 Å². The normalized spacial score (nSPS) is 12.3. The Morgan fingerprint density at radius 2 is 1.87 bits per heavy atom. The molecular weight excluding hydrogens is 495 g/mol. The minimum atomic E-state index is -0.523. The maximum Gasteiger partial charge on any atom is 0.408 e. The van der Waals surface area contributed by atoms with E-state index in [-0.39, 0.29) is 24.0 Å². The highest BCUT2D eigenvalue weighted by atomic mass is 127. The van der Waals surface area contributed by atoms with E-state index in [1.54, 1.807) is 7.05 Å². The number of aryl methyl sites for hydroxylation is 1. The van der Waals surface area contributed by atoms with E-state index >= 15 is 0 Å². The highest BCUT2D eigenvalue weighted by molar-refractivity contribution is 14.0. The maximum atomic E-state index is 12.0. The maximum absolute atomic E-state index is 12.0. The first-order valence-electron chi connectivity index (χ1n) is 9.97. The van der Waals surface area contributed by atoms with E-state index in [0.717, 1.165) is 36.2 Å². The number of amides is 1. The van der Waals surface area contributed by atoms with Crippen LogP contribution in [0.3, 0.4) is 0 Å². The Morgan fingerprint density at radius 1 is 1.17 bits per heavy atom. The summed E-state index contributed by atoms with van der Waals surface area (Å²) in [6.45, 7) is 10.7. The molecule has 0 spiro atoms. The Kier molecular flexibility index (Phi) is 9.86. The quantitative estimate of drug-likeness (QED) is 0.190. The zero-order valence-corrected chi connectivity index (χ0v) is 21.1. The number of H-pyrrole nitrogens is 1. The number of fused-ring (bicyclic) bond motifs is 1. The first-order chi connectivity index (χ1) is 13.6. The Hall–Kier alpha value is -2.04. The summed E-state index contributed by atoms with van der Waals surface area (Å²) < 4.78 is 5.32. The van der Waals surface area contributed by atoms with Crippen molar-refractivity contribution in [1.82, 2.24) is 25.9 Å². The number of imidazole rings is 1. The predicted octanol–water partition coefficient (Wildman–Crippen LogP) is 3.58. The van der Waals surface area contributed by atoms with Crippen LogP contribution in [0.5, 0.6) is 0 Å². The molecule has 0 saturated carbocycles. The van der Waals surface area contributed by atoms with Crippen molar-refractivity contribution in [3.63, 3.8) is 0 Å². The summed E-state index contributed by atoms with van der Waals surface area (Å²) in [6, 6.07) is 8.03. The number of benzene rings is 1. The molecule has 8 nitrogen and oxygen atoms in total. The number of guanidine groups is 1. The Labute approximate surface area is 196 Å². The number of halogens is 1. The third kappa shape index (κ3) is 9.19. The molecule has 0 radical (unpaired) electrons. The second kappa shape index (κ2) is 11.4. The molecular formula is C21H35IN6O2. The van der Waals surface area contributed by atoms with Gasteiger partial charge >= 0.3 is 6.09 Å². The number of aromatic nitrogens is 2. The SMILES string of the molecule is CN=C(NCCCc1nc2ccccc2[nH]1)NCC(C)(C)NC(=O)OC(C)(C)C.I. The van der Waals surface area contributed by atoms with Gasteiger partial charge in [0, 0.05) is 26.6 Å². The van der Waals surface area contributed by atoms with Crippen molar-refractivity contribution in [3.8, 4) is 0 Å². The first kappa shape index (κ1) is 26.0. The van der Waals surface area contributed by atoms with Crippen molar-refractivity contribution in [1.29, 1.82) is 0 Å². The summed E-state index contributed by atoms with van der Waals surface area (Å²) in [7, 11) is 1.73. The van der Waals surface area contributed by atoms with Gasteiger partial charge in [-0.15, -0.1) is 24.0 Å². The van der Waals surface area contributed by atoms with Gasteiger partial charge in [0.1, 0.15) is 11.4 Å². The predicted molar refractivity (Wildman–Crippen MR) is 133 cm³/mol. The molecule has 1 heterocycles. The number of carbonyl (C=O) groups excluding carboxylic acids is 1. The number of hydrogen-bond donors (Lipinski definition) is 4. The van der Waals surface area contributed by atoms with Crippen LogP contribution >= 0.6 is 24.0 Å². The monoisotopic (exact) mass is 530 g/mol. The van der Waals surface area contributed by atoms with E-state index in [1.165, 1.54) is 0 Å². The number of aliphatic imine (C=N–C) groups is 1. The number of hydrogen-bond acceptors (Lipinski definition) is 4. The summed E-state index contributed by atoms with van der Waals surface area (Å²) >= 11 is 0. The lowest BCUT2D eigenvalue weighted by molar-refractivity contribution is 0.0474. The van der Waals surface area contributed by atoms with E-state index in [0.29, 0.717) is 12.5 Å². The van der Waals surface area contributed by atoms with Gasteiger partial charge in [0.2, 0.25) is 0 Å². The molecule has 0 unspecified atom stereocenters. The van der Waals surface area contributed by atoms with E-state index in [2.05, 4.69) is 30.9 Å². The molecule has 1 amide bonds. The molecule has 2 rings (SSSR count). The molecule has 0 aliphatic heterocycles. The number of aromatic amines is 1. The van der Waals surface area contributed by atoms with Crippen molar-refractivity contribution in [3.05, 3.63) is 30.1 Å². The van der Waals surface area contributed by atoms with Crippen molar-refractivity contribution in [2.45, 2.75) is 58.6 Å².